The summed E-state index contributed by atoms with van der Waals surface area (Å²) in [5.74, 6) is 1.26. The summed E-state index contributed by atoms with van der Waals surface area (Å²) in [4.78, 5) is 9.52. The maximum absolute atomic E-state index is 5.72. The molecule has 0 saturated heterocycles. The molecule has 0 amide bonds. The Hall–Kier alpha value is -5.52. The van der Waals surface area contributed by atoms with Crippen LogP contribution in [0.1, 0.15) is 5.56 Å². The Labute approximate surface area is 258 Å². The number of fused-ring (bicyclic) bond motifs is 10. The first-order valence-electron chi connectivity index (χ1n) is 14.4. The van der Waals surface area contributed by atoms with Crippen molar-refractivity contribution in [2.75, 3.05) is 7.11 Å². The molecule has 210 valence electrons. The van der Waals surface area contributed by atoms with Crippen LogP contribution in [0.2, 0.25) is 0 Å². The van der Waals surface area contributed by atoms with Crippen molar-refractivity contribution in [3.05, 3.63) is 133 Å². The highest BCUT2D eigenvalue weighted by Crippen LogP contribution is 2.49. The van der Waals surface area contributed by atoms with E-state index < -0.39 is 0 Å². The summed E-state index contributed by atoms with van der Waals surface area (Å²) in [7, 11) is 1.70. The summed E-state index contributed by atoms with van der Waals surface area (Å²) in [6.45, 7) is 8.29. The normalized spacial score (nSPS) is 12.1. The molecule has 0 atom stereocenters. The topological polar surface area (TPSA) is 38.9 Å². The molecule has 0 N–H and O–H groups in total. The van der Waals surface area contributed by atoms with Crippen LogP contribution in [0.15, 0.2) is 138 Å². The molecular weight excluding hydrogens is 559 g/mol. The minimum atomic E-state index is 0.471. The highest BCUT2D eigenvalue weighted by atomic mass is 32.1. The second-order valence-corrected chi connectivity index (χ2v) is 11.7. The first kappa shape index (κ1) is 26.1. The van der Waals surface area contributed by atoms with Crippen LogP contribution in [0.3, 0.4) is 0 Å². The molecule has 0 unspecified atom stereocenters. The average Bonchev–Trinajstić information content (AvgIpc) is 3.64. The van der Waals surface area contributed by atoms with Crippen molar-refractivity contribution in [2.24, 2.45) is 9.98 Å². The van der Waals surface area contributed by atoms with Gasteiger partial charge < -0.3 is 4.74 Å². The summed E-state index contributed by atoms with van der Waals surface area (Å²) in [5, 5.41) is 6.96. The minimum absolute atomic E-state index is 0.471. The van der Waals surface area contributed by atoms with Gasteiger partial charge in [-0.05, 0) is 47.0 Å². The molecule has 0 saturated carbocycles. The molecule has 0 fully saturated rings. The summed E-state index contributed by atoms with van der Waals surface area (Å²) in [6.07, 6.45) is 0. The van der Waals surface area contributed by atoms with E-state index in [0.717, 1.165) is 33.1 Å². The van der Waals surface area contributed by atoms with E-state index in [-0.39, 0.29) is 0 Å². The van der Waals surface area contributed by atoms with E-state index in [0.29, 0.717) is 11.7 Å². The standard InChI is InChI=1S/C39H27N3OS/c1-24(25-13-6-4-7-14-25)41-39(40-2)42-33-22-21-27(43-3)23-32(33)34-29-17-10-11-18-30(29)38-35(36(34)42)31-20-12-19-28(37(31)44-38)26-15-8-5-9-16-26/h4-23H,1-2H2,3H3. The predicted molar refractivity (Wildman–Crippen MR) is 190 cm³/mol. The lowest BCUT2D eigenvalue weighted by Crippen LogP contribution is -2.09. The Bertz CT molecular complexity index is 2450. The number of aromatic nitrogens is 1. The van der Waals surface area contributed by atoms with E-state index in [4.69, 9.17) is 9.73 Å². The molecule has 0 aliphatic heterocycles. The number of ether oxygens (including phenoxy) is 1. The largest absolute Gasteiger partial charge is 0.497 e. The Morgan fingerprint density at radius 1 is 0.705 bits per heavy atom. The van der Waals surface area contributed by atoms with Gasteiger partial charge in [-0.25, -0.2) is 9.98 Å². The van der Waals surface area contributed by atoms with Crippen molar-refractivity contribution in [1.29, 1.82) is 0 Å². The second kappa shape index (κ2) is 10.3. The van der Waals surface area contributed by atoms with Gasteiger partial charge >= 0.3 is 0 Å². The molecule has 0 aliphatic carbocycles. The zero-order chi connectivity index (χ0) is 29.8. The van der Waals surface area contributed by atoms with E-state index in [9.17, 15) is 0 Å². The van der Waals surface area contributed by atoms with Crippen LogP contribution in [0, 0.1) is 0 Å². The average molecular weight is 586 g/mol. The van der Waals surface area contributed by atoms with Crippen LogP contribution in [-0.4, -0.2) is 24.4 Å². The molecule has 0 bridgehead atoms. The van der Waals surface area contributed by atoms with Gasteiger partial charge in [0.05, 0.1) is 23.8 Å². The molecule has 2 heterocycles. The summed E-state index contributed by atoms with van der Waals surface area (Å²) in [5.41, 5.74) is 5.99. The first-order valence-corrected chi connectivity index (χ1v) is 15.2. The number of thiophene rings is 1. The van der Waals surface area contributed by atoms with Crippen LogP contribution in [0.5, 0.6) is 5.75 Å². The van der Waals surface area contributed by atoms with Crippen LogP contribution < -0.4 is 4.74 Å². The molecule has 44 heavy (non-hydrogen) atoms. The van der Waals surface area contributed by atoms with E-state index in [2.05, 4.69) is 108 Å². The molecule has 5 heteroatoms. The monoisotopic (exact) mass is 585 g/mol. The molecule has 0 radical (unpaired) electrons. The minimum Gasteiger partial charge on any atom is -0.497 e. The Balaban J connectivity index is 1.59. The van der Waals surface area contributed by atoms with Crippen LogP contribution in [-0.2, 0) is 0 Å². The highest BCUT2D eigenvalue weighted by molar-refractivity contribution is 7.27. The third-order valence-electron chi connectivity index (χ3n) is 8.34. The fourth-order valence-electron chi connectivity index (χ4n) is 6.37. The third-order valence-corrected chi connectivity index (χ3v) is 9.61. The van der Waals surface area contributed by atoms with E-state index in [1.54, 1.807) is 7.11 Å². The molecule has 4 nitrogen and oxygen atoms in total. The molecule has 6 aromatic carbocycles. The lowest BCUT2D eigenvalue weighted by Gasteiger charge is -2.11. The van der Waals surface area contributed by atoms with E-state index >= 15 is 0 Å². The first-order chi connectivity index (χ1) is 21.7. The molecule has 0 aliphatic rings. The van der Waals surface area contributed by atoms with Gasteiger partial charge in [0.15, 0.2) is 0 Å². The number of benzene rings is 6. The lowest BCUT2D eigenvalue weighted by molar-refractivity contribution is 0.415. The number of hydrogen-bond donors (Lipinski definition) is 0. The molecular formula is C39H27N3OS. The van der Waals surface area contributed by atoms with Crippen LogP contribution in [0.25, 0.3) is 69.6 Å². The van der Waals surface area contributed by atoms with E-state index in [1.165, 1.54) is 42.1 Å². The van der Waals surface area contributed by atoms with Gasteiger partial charge in [-0.3, -0.25) is 4.57 Å². The fourth-order valence-corrected chi connectivity index (χ4v) is 7.75. The van der Waals surface area contributed by atoms with Crippen LogP contribution >= 0.6 is 11.3 Å². The summed E-state index contributed by atoms with van der Waals surface area (Å²) in [6, 6.07) is 42.1. The van der Waals surface area contributed by atoms with Gasteiger partial charge in [0.2, 0.25) is 5.96 Å². The van der Waals surface area contributed by atoms with Crippen molar-refractivity contribution in [3.63, 3.8) is 0 Å². The number of methoxy groups -OCH3 is 1. The molecule has 8 rings (SSSR count). The second-order valence-electron chi connectivity index (χ2n) is 10.7. The quantitative estimate of drug-likeness (QED) is 0.150. The Morgan fingerprint density at radius 2 is 1.41 bits per heavy atom. The van der Waals surface area contributed by atoms with Gasteiger partial charge in [-0.15, -0.1) is 11.3 Å². The number of hydrogen-bond acceptors (Lipinski definition) is 3. The number of rotatable bonds is 4. The van der Waals surface area contributed by atoms with E-state index in [1.807, 2.05) is 47.7 Å². The predicted octanol–water partition coefficient (Wildman–Crippen LogP) is 10.6. The van der Waals surface area contributed by atoms with Crippen molar-refractivity contribution in [1.82, 2.24) is 4.57 Å². The zero-order valence-electron chi connectivity index (χ0n) is 24.1. The van der Waals surface area contributed by atoms with Gasteiger partial charge in [-0.1, -0.05) is 110 Å². The van der Waals surface area contributed by atoms with Crippen molar-refractivity contribution >= 4 is 82.5 Å². The van der Waals surface area contributed by atoms with Gasteiger partial charge in [0.25, 0.3) is 0 Å². The Morgan fingerprint density at radius 3 is 2.16 bits per heavy atom. The van der Waals surface area contributed by atoms with Gasteiger partial charge in [-0.2, -0.15) is 0 Å². The maximum Gasteiger partial charge on any atom is 0.234 e. The molecule has 8 aromatic rings. The summed E-state index contributed by atoms with van der Waals surface area (Å²) >= 11 is 1.84. The van der Waals surface area contributed by atoms with Gasteiger partial charge in [0.1, 0.15) is 5.75 Å². The number of nitrogens with zero attached hydrogens (tertiary/aromatic N) is 3. The molecule has 0 spiro atoms. The highest BCUT2D eigenvalue weighted by Gasteiger charge is 2.24. The van der Waals surface area contributed by atoms with Gasteiger partial charge in [0, 0.05) is 36.3 Å². The SMILES string of the molecule is C=NC(=NC(=C)c1ccccc1)n1c2ccc(OC)cc2c2c3ccccc3c3sc4c(-c5ccccc5)cccc4c3c21. The molecule has 2 aromatic heterocycles. The zero-order valence-corrected chi connectivity index (χ0v) is 24.9. The maximum atomic E-state index is 5.72. The van der Waals surface area contributed by atoms with Crippen molar-refractivity contribution < 1.29 is 4.74 Å². The number of aliphatic imine (C=N–C) groups is 2. The van der Waals surface area contributed by atoms with Crippen LogP contribution in [0.4, 0.5) is 0 Å². The fraction of sp³-hybridized carbons (Fsp3) is 0.0256. The third kappa shape index (κ3) is 3.90. The van der Waals surface area contributed by atoms with Crippen molar-refractivity contribution in [2.45, 2.75) is 0 Å². The lowest BCUT2D eigenvalue weighted by atomic mass is 9.98. The smallest absolute Gasteiger partial charge is 0.234 e. The van der Waals surface area contributed by atoms with Crippen molar-refractivity contribution in [3.8, 4) is 16.9 Å². The Kier molecular flexibility index (Phi) is 6.14. The summed E-state index contributed by atoms with van der Waals surface area (Å²) < 4.78 is 10.4.